The fourth-order valence-corrected chi connectivity index (χ4v) is 7.14. The van der Waals surface area contributed by atoms with Crippen LogP contribution in [0.2, 0.25) is 0 Å². The summed E-state index contributed by atoms with van der Waals surface area (Å²) in [7, 11) is 1.47. The molecule has 5 N–H and O–H groups in total. The van der Waals surface area contributed by atoms with E-state index in [1.54, 1.807) is 11.8 Å². The van der Waals surface area contributed by atoms with Crippen LogP contribution in [0.5, 0.6) is 5.88 Å². The number of nitrogen functional groups attached to an aromatic ring is 1. The summed E-state index contributed by atoms with van der Waals surface area (Å²) in [6.07, 6.45) is 6.67. The van der Waals surface area contributed by atoms with Crippen molar-refractivity contribution in [3.63, 3.8) is 0 Å². The highest BCUT2D eigenvalue weighted by molar-refractivity contribution is 6.06. The predicted molar refractivity (Wildman–Crippen MR) is 148 cm³/mol. The molecule has 4 fully saturated rings. The van der Waals surface area contributed by atoms with Crippen molar-refractivity contribution < 1.29 is 24.6 Å². The van der Waals surface area contributed by atoms with Gasteiger partial charge in [0.25, 0.3) is 11.5 Å². The van der Waals surface area contributed by atoms with E-state index in [-0.39, 0.29) is 47.7 Å². The third kappa shape index (κ3) is 5.03. The molecule has 0 bridgehead atoms. The average molecular weight is 573 g/mol. The minimum atomic E-state index is -1.05. The number of hydrogen-bond acceptors (Lipinski definition) is 7. The number of amides is 3. The predicted octanol–water partition coefficient (Wildman–Crippen LogP) is 1.68. The molecule has 1 aromatic rings. The summed E-state index contributed by atoms with van der Waals surface area (Å²) in [5.74, 6) is -2.32. The van der Waals surface area contributed by atoms with Gasteiger partial charge in [0.1, 0.15) is 16.9 Å². The standard InChI is InChI=1S/C28H40N6O7/c1-28(25(39)31(2)26(40)33(28)11-10-17-12-19(17)24(37)38)13-15-6-8-18(9-7-15)34-23(36)20(21(29)30)22(35)32(27(34)41)14-16-4-3-5-16/h15-19,35H,3-14H2,1-2H3,(H3,29,30)(H,37,38)/t15?,17-,18?,19-,28-/m0/s1. The number of nitrogens with zero attached hydrogens (tertiary/aromatic N) is 4. The van der Waals surface area contributed by atoms with Crippen molar-refractivity contribution in [3.8, 4) is 5.88 Å². The van der Waals surface area contributed by atoms with Crippen LogP contribution in [0.1, 0.15) is 82.7 Å². The Kier molecular flexibility index (Phi) is 7.49. The number of carbonyl (C=O) groups is 3. The Morgan fingerprint density at radius 2 is 1.73 bits per heavy atom. The maximum absolute atomic E-state index is 13.5. The van der Waals surface area contributed by atoms with E-state index in [2.05, 4.69) is 0 Å². The van der Waals surface area contributed by atoms with Gasteiger partial charge in [-0.3, -0.25) is 33.8 Å². The van der Waals surface area contributed by atoms with E-state index in [0.29, 0.717) is 51.5 Å². The maximum Gasteiger partial charge on any atom is 0.334 e. The molecule has 1 saturated heterocycles. The van der Waals surface area contributed by atoms with Crippen LogP contribution in [0.3, 0.4) is 0 Å². The number of nitrogens with two attached hydrogens (primary N) is 1. The van der Waals surface area contributed by atoms with Crippen molar-refractivity contribution in [1.82, 2.24) is 18.9 Å². The minimum Gasteiger partial charge on any atom is -0.494 e. The quantitative estimate of drug-likeness (QED) is 0.185. The lowest BCUT2D eigenvalue weighted by Crippen LogP contribution is -2.50. The molecule has 0 unspecified atom stereocenters. The molecule has 0 spiro atoms. The molecule has 41 heavy (non-hydrogen) atoms. The number of imide groups is 1. The number of aliphatic carboxylic acids is 1. The van der Waals surface area contributed by atoms with Crippen LogP contribution in [0.25, 0.3) is 0 Å². The van der Waals surface area contributed by atoms with Gasteiger partial charge in [0, 0.05) is 26.2 Å². The van der Waals surface area contributed by atoms with Gasteiger partial charge < -0.3 is 20.8 Å². The molecule has 2 heterocycles. The normalized spacial score (nSPS) is 30.0. The first kappa shape index (κ1) is 28.9. The highest BCUT2D eigenvalue weighted by atomic mass is 16.4. The van der Waals surface area contributed by atoms with E-state index in [1.165, 1.54) is 11.6 Å². The highest BCUT2D eigenvalue weighted by Gasteiger charge is 2.54. The molecule has 0 radical (unpaired) electrons. The van der Waals surface area contributed by atoms with Crippen LogP contribution in [0.4, 0.5) is 4.79 Å². The summed E-state index contributed by atoms with van der Waals surface area (Å²) >= 11 is 0. The van der Waals surface area contributed by atoms with Crippen molar-refractivity contribution in [3.05, 3.63) is 26.4 Å². The largest absolute Gasteiger partial charge is 0.494 e. The first-order valence-corrected chi connectivity index (χ1v) is 14.6. The van der Waals surface area contributed by atoms with Crippen molar-refractivity contribution in [2.24, 2.45) is 29.4 Å². The van der Waals surface area contributed by atoms with Gasteiger partial charge >= 0.3 is 17.7 Å². The Bertz CT molecular complexity index is 1390. The summed E-state index contributed by atoms with van der Waals surface area (Å²) in [5.41, 5.74) is 2.89. The van der Waals surface area contributed by atoms with Gasteiger partial charge in [-0.25, -0.2) is 9.59 Å². The second-order valence-corrected chi connectivity index (χ2v) is 12.7. The van der Waals surface area contributed by atoms with Crippen molar-refractivity contribution in [1.29, 1.82) is 5.41 Å². The summed E-state index contributed by atoms with van der Waals surface area (Å²) in [4.78, 5) is 66.9. The number of likely N-dealkylation sites (N-methyl/N-ethyl adjacent to an activating group) is 1. The molecule has 224 valence electrons. The summed E-state index contributed by atoms with van der Waals surface area (Å²) < 4.78 is 2.33. The van der Waals surface area contributed by atoms with E-state index >= 15 is 0 Å². The van der Waals surface area contributed by atoms with Gasteiger partial charge in [0.05, 0.1) is 5.92 Å². The van der Waals surface area contributed by atoms with Crippen LogP contribution in [-0.2, 0) is 16.1 Å². The van der Waals surface area contributed by atoms with Gasteiger partial charge in [-0.15, -0.1) is 0 Å². The molecule has 3 amide bonds. The van der Waals surface area contributed by atoms with Gasteiger partial charge in [-0.05, 0) is 82.5 Å². The van der Waals surface area contributed by atoms with E-state index in [9.17, 15) is 34.2 Å². The molecule has 13 nitrogen and oxygen atoms in total. The number of hydrogen-bond donors (Lipinski definition) is 4. The first-order valence-electron chi connectivity index (χ1n) is 14.6. The number of carbonyl (C=O) groups excluding carboxylic acids is 2. The Balaban J connectivity index is 1.31. The zero-order valence-corrected chi connectivity index (χ0v) is 23.7. The topological polar surface area (TPSA) is 192 Å². The highest BCUT2D eigenvalue weighted by Crippen LogP contribution is 2.44. The summed E-state index contributed by atoms with van der Waals surface area (Å²) in [6, 6.07) is -0.814. The fourth-order valence-electron chi connectivity index (χ4n) is 7.14. The maximum atomic E-state index is 13.5. The van der Waals surface area contributed by atoms with Crippen molar-refractivity contribution in [2.45, 2.75) is 89.3 Å². The van der Waals surface area contributed by atoms with Crippen LogP contribution >= 0.6 is 0 Å². The number of aromatic nitrogens is 2. The second kappa shape index (κ2) is 10.6. The lowest BCUT2D eigenvalue weighted by atomic mass is 9.77. The smallest absolute Gasteiger partial charge is 0.334 e. The van der Waals surface area contributed by atoms with Crippen LogP contribution in [0, 0.1) is 29.1 Å². The Labute approximate surface area is 237 Å². The van der Waals surface area contributed by atoms with Crippen LogP contribution in [0.15, 0.2) is 9.59 Å². The third-order valence-electron chi connectivity index (χ3n) is 9.99. The van der Waals surface area contributed by atoms with E-state index < -0.39 is 40.5 Å². The minimum absolute atomic E-state index is 0.0119. The monoisotopic (exact) mass is 572 g/mol. The molecule has 5 rings (SSSR count). The Morgan fingerprint density at radius 1 is 1.07 bits per heavy atom. The lowest BCUT2D eigenvalue weighted by molar-refractivity contribution is -0.139. The molecule has 1 aromatic heterocycles. The number of rotatable bonds is 10. The molecule has 4 aliphatic rings. The first-order chi connectivity index (χ1) is 19.3. The molecule has 13 heteroatoms. The van der Waals surface area contributed by atoms with Gasteiger partial charge in [-0.2, -0.15) is 0 Å². The van der Waals surface area contributed by atoms with Crippen molar-refractivity contribution in [2.75, 3.05) is 13.6 Å². The molecular formula is C28H40N6O7. The van der Waals surface area contributed by atoms with Crippen LogP contribution in [-0.4, -0.2) is 72.0 Å². The Hall–Kier alpha value is -3.64. The van der Waals surface area contributed by atoms with Gasteiger partial charge in [0.15, 0.2) is 0 Å². The molecule has 1 aliphatic heterocycles. The van der Waals surface area contributed by atoms with Crippen molar-refractivity contribution >= 4 is 23.7 Å². The summed E-state index contributed by atoms with van der Waals surface area (Å²) in [6.45, 7) is 2.35. The number of aromatic hydroxyl groups is 1. The number of carboxylic acids is 1. The second-order valence-electron chi connectivity index (χ2n) is 12.7. The average Bonchev–Trinajstić information content (AvgIpc) is 3.64. The molecule has 3 saturated carbocycles. The molecule has 3 atom stereocenters. The fraction of sp³-hybridized carbons (Fsp3) is 0.714. The third-order valence-corrected chi connectivity index (χ3v) is 9.99. The van der Waals surface area contributed by atoms with Crippen LogP contribution < -0.4 is 17.0 Å². The SMILES string of the molecule is CN1C(=O)N(CC[C@H]2C[C@@H]2C(=O)O)[C@@](C)(CC2CCC(n3c(=O)c(C(=N)N)c(O)n(CC4CCC4)c3=O)CC2)C1=O. The number of amidine groups is 1. The summed E-state index contributed by atoms with van der Waals surface area (Å²) in [5, 5.41) is 27.8. The molecular weight excluding hydrogens is 532 g/mol. The Morgan fingerprint density at radius 3 is 2.27 bits per heavy atom. The zero-order chi connectivity index (χ0) is 29.8. The molecule has 0 aromatic carbocycles. The van der Waals surface area contributed by atoms with Gasteiger partial charge in [0.2, 0.25) is 5.88 Å². The number of urea groups is 1. The van der Waals surface area contributed by atoms with E-state index in [0.717, 1.165) is 28.7 Å². The molecule has 3 aliphatic carbocycles. The number of carboxylic acid groups (broad SMARTS) is 1. The number of nitrogens with one attached hydrogen (secondary N) is 1. The van der Waals surface area contributed by atoms with E-state index in [4.69, 9.17) is 11.1 Å². The zero-order valence-electron chi connectivity index (χ0n) is 23.7. The van der Waals surface area contributed by atoms with E-state index in [1.807, 2.05) is 0 Å². The van der Waals surface area contributed by atoms with Gasteiger partial charge in [-0.1, -0.05) is 6.42 Å². The lowest BCUT2D eigenvalue weighted by Gasteiger charge is -2.37.